The van der Waals surface area contributed by atoms with Gasteiger partial charge in [0.25, 0.3) is 0 Å². The van der Waals surface area contributed by atoms with Crippen molar-refractivity contribution in [2.45, 2.75) is 12.2 Å². The smallest absolute Gasteiger partial charge is 0.210 e. The Morgan fingerprint density at radius 3 is 2.83 bits per heavy atom. The van der Waals surface area contributed by atoms with Crippen molar-refractivity contribution in [3.63, 3.8) is 0 Å². The molecule has 160 valence electrons. The van der Waals surface area contributed by atoms with Crippen molar-refractivity contribution in [1.29, 1.82) is 0 Å². The van der Waals surface area contributed by atoms with Crippen LogP contribution in [0, 0.1) is 5.92 Å². The highest BCUT2D eigenvalue weighted by Gasteiger charge is 2.47. The molecule has 3 heterocycles. The Morgan fingerprint density at radius 2 is 2.07 bits per heavy atom. The van der Waals surface area contributed by atoms with Crippen LogP contribution in [-0.4, -0.2) is 73.0 Å². The Labute approximate surface area is 183 Å². The van der Waals surface area contributed by atoms with Crippen LogP contribution in [0.25, 0.3) is 5.57 Å². The van der Waals surface area contributed by atoms with E-state index in [-0.39, 0.29) is 16.6 Å². The molecule has 0 spiro atoms. The van der Waals surface area contributed by atoms with Gasteiger partial charge in [-0.25, -0.2) is 0 Å². The molecule has 30 heavy (non-hydrogen) atoms. The number of Topliss-reactive ketones (excluding diaryl/α,β-unsaturated/α-hetero) is 2. The number of aliphatic hydroxyl groups is 1. The topological polar surface area (TPSA) is 88.4 Å². The molecular formula is C21H24N2O5S2. The maximum absolute atomic E-state index is 13.1. The Kier molecular flexibility index (Phi) is 6.72. The number of aliphatic hydroxyl groups excluding tert-OH is 1. The van der Waals surface area contributed by atoms with Crippen LogP contribution in [0.1, 0.15) is 11.8 Å². The van der Waals surface area contributed by atoms with E-state index in [0.29, 0.717) is 37.8 Å². The maximum Gasteiger partial charge on any atom is 0.210 e. The number of nitrogens with zero attached hydrogens (tertiary/aromatic N) is 2. The number of carbonyl (C=O) groups is 2. The predicted octanol–water partition coefficient (Wildman–Crippen LogP) is 2.73. The van der Waals surface area contributed by atoms with Crippen molar-refractivity contribution >= 4 is 50.3 Å². The van der Waals surface area contributed by atoms with E-state index in [9.17, 15) is 14.7 Å². The highest BCUT2D eigenvalue weighted by atomic mass is 32.2. The lowest BCUT2D eigenvalue weighted by Crippen LogP contribution is -2.35. The third kappa shape index (κ3) is 4.25. The molecule has 3 aliphatic rings. The van der Waals surface area contributed by atoms with Gasteiger partial charge in [0.05, 0.1) is 42.0 Å². The fourth-order valence-corrected chi connectivity index (χ4v) is 5.89. The van der Waals surface area contributed by atoms with E-state index >= 15 is 0 Å². The SMILES string of the molecule is CCOCCN=C1C=CC(C2C(=O)C(O)=C(c3ccc(N4CCOCC4)s3)C2=O)S1. The van der Waals surface area contributed by atoms with Gasteiger partial charge in [-0.1, -0.05) is 17.8 Å². The second-order valence-corrected chi connectivity index (χ2v) is 9.29. The van der Waals surface area contributed by atoms with Crippen molar-refractivity contribution in [3.8, 4) is 0 Å². The molecule has 0 saturated carbocycles. The van der Waals surface area contributed by atoms with Crippen LogP contribution in [0.15, 0.2) is 35.0 Å². The van der Waals surface area contributed by atoms with E-state index in [1.807, 2.05) is 31.2 Å². The van der Waals surface area contributed by atoms with Gasteiger partial charge in [-0.05, 0) is 25.1 Å². The molecule has 1 fully saturated rings. The van der Waals surface area contributed by atoms with E-state index in [4.69, 9.17) is 9.47 Å². The van der Waals surface area contributed by atoms with E-state index < -0.39 is 17.5 Å². The zero-order chi connectivity index (χ0) is 21.1. The number of rotatable bonds is 7. The largest absolute Gasteiger partial charge is 0.504 e. The van der Waals surface area contributed by atoms with Crippen molar-refractivity contribution in [2.24, 2.45) is 10.9 Å². The van der Waals surface area contributed by atoms with Gasteiger partial charge in [0.1, 0.15) is 5.92 Å². The van der Waals surface area contributed by atoms with Crippen LogP contribution in [0.2, 0.25) is 0 Å². The summed E-state index contributed by atoms with van der Waals surface area (Å²) in [6, 6.07) is 3.75. The molecule has 0 amide bonds. The number of allylic oxidation sites excluding steroid dienone is 2. The average molecular weight is 449 g/mol. The first kappa shape index (κ1) is 21.3. The van der Waals surface area contributed by atoms with Crippen molar-refractivity contribution in [2.75, 3.05) is 51.0 Å². The molecule has 1 aromatic rings. The van der Waals surface area contributed by atoms with Gasteiger partial charge < -0.3 is 19.5 Å². The molecule has 0 aromatic carbocycles. The molecule has 1 aromatic heterocycles. The molecule has 0 radical (unpaired) electrons. The summed E-state index contributed by atoms with van der Waals surface area (Å²) in [6.45, 7) is 6.56. The lowest BCUT2D eigenvalue weighted by atomic mass is 9.98. The summed E-state index contributed by atoms with van der Waals surface area (Å²) in [5.41, 5.74) is 0.144. The number of ether oxygens (including phenoxy) is 2. The van der Waals surface area contributed by atoms with Gasteiger partial charge >= 0.3 is 0 Å². The minimum Gasteiger partial charge on any atom is -0.504 e. The lowest BCUT2D eigenvalue weighted by Gasteiger charge is -2.27. The minimum atomic E-state index is -0.908. The first-order valence-corrected chi connectivity index (χ1v) is 11.7. The standard InChI is InChI=1S/C21H24N2O5S2/c1-2-27-10-7-22-15-5-3-13(29-15)17-19(24)18(21(26)20(17)25)14-4-6-16(30-14)23-8-11-28-12-9-23/h3-6,13,17,26H,2,7-12H2,1H3. The summed E-state index contributed by atoms with van der Waals surface area (Å²) >= 11 is 2.81. The van der Waals surface area contributed by atoms with E-state index in [1.165, 1.54) is 23.1 Å². The van der Waals surface area contributed by atoms with E-state index in [1.54, 1.807) is 0 Å². The highest BCUT2D eigenvalue weighted by Crippen LogP contribution is 2.42. The van der Waals surface area contributed by atoms with Gasteiger partial charge in [0, 0.05) is 29.8 Å². The Morgan fingerprint density at radius 1 is 1.27 bits per heavy atom. The summed E-state index contributed by atoms with van der Waals surface area (Å²) in [5.74, 6) is -2.15. The fraction of sp³-hybridized carbons (Fsp3) is 0.476. The first-order chi connectivity index (χ1) is 14.6. The molecule has 1 saturated heterocycles. The number of thioether (sulfide) groups is 1. The fourth-order valence-electron chi connectivity index (χ4n) is 3.64. The zero-order valence-corrected chi connectivity index (χ0v) is 18.3. The maximum atomic E-state index is 13.1. The molecule has 1 aliphatic carbocycles. The zero-order valence-electron chi connectivity index (χ0n) is 16.7. The number of anilines is 1. The van der Waals surface area contributed by atoms with Crippen LogP contribution in [-0.2, 0) is 19.1 Å². The molecule has 7 nitrogen and oxygen atoms in total. The summed E-state index contributed by atoms with van der Waals surface area (Å²) in [6.07, 6.45) is 3.66. The molecule has 4 rings (SSSR count). The van der Waals surface area contributed by atoms with Crippen LogP contribution in [0.4, 0.5) is 5.00 Å². The Balaban J connectivity index is 1.46. The first-order valence-electron chi connectivity index (χ1n) is 10.0. The molecule has 0 bridgehead atoms. The molecule has 2 unspecified atom stereocenters. The molecule has 1 N–H and O–H groups in total. The van der Waals surface area contributed by atoms with Crippen LogP contribution in [0.3, 0.4) is 0 Å². The van der Waals surface area contributed by atoms with Gasteiger partial charge in [-0.15, -0.1) is 11.3 Å². The van der Waals surface area contributed by atoms with Crippen LogP contribution >= 0.6 is 23.1 Å². The average Bonchev–Trinajstić information content (AvgIpc) is 3.46. The third-order valence-electron chi connectivity index (χ3n) is 5.16. The highest BCUT2D eigenvalue weighted by molar-refractivity contribution is 8.15. The second kappa shape index (κ2) is 9.47. The van der Waals surface area contributed by atoms with Gasteiger partial charge in [0.2, 0.25) is 5.78 Å². The Bertz CT molecular complexity index is 914. The van der Waals surface area contributed by atoms with Crippen LogP contribution < -0.4 is 4.90 Å². The second-order valence-electron chi connectivity index (χ2n) is 7.03. The summed E-state index contributed by atoms with van der Waals surface area (Å²) in [4.78, 5) is 33.1. The molecule has 9 heteroatoms. The summed E-state index contributed by atoms with van der Waals surface area (Å²) in [7, 11) is 0. The number of ketones is 2. The quantitative estimate of drug-likeness (QED) is 0.507. The van der Waals surface area contributed by atoms with Gasteiger partial charge in [0.15, 0.2) is 11.5 Å². The molecule has 2 atom stereocenters. The van der Waals surface area contributed by atoms with Crippen molar-refractivity contribution in [1.82, 2.24) is 0 Å². The van der Waals surface area contributed by atoms with Gasteiger partial charge in [-0.2, -0.15) is 0 Å². The monoisotopic (exact) mass is 448 g/mol. The van der Waals surface area contributed by atoms with E-state index in [2.05, 4.69) is 9.89 Å². The lowest BCUT2D eigenvalue weighted by molar-refractivity contribution is -0.126. The predicted molar refractivity (Wildman–Crippen MR) is 120 cm³/mol. The van der Waals surface area contributed by atoms with E-state index in [0.717, 1.165) is 23.1 Å². The van der Waals surface area contributed by atoms with Gasteiger partial charge in [-0.3, -0.25) is 14.6 Å². The number of carbonyl (C=O) groups excluding carboxylic acids is 2. The van der Waals surface area contributed by atoms with Crippen molar-refractivity contribution in [3.05, 3.63) is 34.9 Å². The third-order valence-corrected chi connectivity index (χ3v) is 7.54. The number of hydrogen-bond donors (Lipinski definition) is 1. The van der Waals surface area contributed by atoms with Crippen LogP contribution in [0.5, 0.6) is 0 Å². The molecular weight excluding hydrogens is 424 g/mol. The number of thiophene rings is 1. The minimum absolute atomic E-state index is 0.144. The summed E-state index contributed by atoms with van der Waals surface area (Å²) < 4.78 is 10.7. The summed E-state index contributed by atoms with van der Waals surface area (Å²) in [5, 5.41) is 11.9. The Hall–Kier alpha value is -1.94. The number of morpholine rings is 1. The number of aliphatic imine (C=N–C) groups is 1. The molecule has 2 aliphatic heterocycles. The normalized spacial score (nSPS) is 25.9. The van der Waals surface area contributed by atoms with Crippen molar-refractivity contribution < 1.29 is 24.2 Å². The number of hydrogen-bond acceptors (Lipinski definition) is 9.